The summed E-state index contributed by atoms with van der Waals surface area (Å²) >= 11 is 16.5. The Morgan fingerprint density at radius 2 is 1.87 bits per heavy atom. The Morgan fingerprint density at radius 3 is 2.62 bits per heavy atom. The van der Waals surface area contributed by atoms with Gasteiger partial charge in [0, 0.05) is 17.7 Å². The lowest BCUT2D eigenvalue weighted by atomic mass is 9.74. The van der Waals surface area contributed by atoms with Gasteiger partial charge in [-0.25, -0.2) is 0 Å². The molecule has 0 saturated carbocycles. The number of para-hydroxylation sites is 1. The summed E-state index contributed by atoms with van der Waals surface area (Å²) < 4.78 is 6.99. The van der Waals surface area contributed by atoms with Crippen LogP contribution in [0.15, 0.2) is 81.7 Å². The molecule has 2 aliphatic rings. The molecule has 1 aliphatic heterocycles. The predicted octanol–water partition coefficient (Wildman–Crippen LogP) is 8.26. The van der Waals surface area contributed by atoms with Gasteiger partial charge in [0.15, 0.2) is 5.78 Å². The third-order valence-electron chi connectivity index (χ3n) is 7.34. The van der Waals surface area contributed by atoms with Gasteiger partial charge in [0.1, 0.15) is 18.2 Å². The van der Waals surface area contributed by atoms with Crippen LogP contribution in [-0.4, -0.2) is 5.78 Å². The maximum atomic E-state index is 13.6. The van der Waals surface area contributed by atoms with Crippen molar-refractivity contribution in [3.63, 3.8) is 0 Å². The number of hydrogen-bond donors (Lipinski definition) is 1. The summed E-state index contributed by atoms with van der Waals surface area (Å²) in [5.74, 6) is 0.414. The molecule has 5 rings (SSSR count). The molecule has 1 aliphatic carbocycles. The first-order chi connectivity index (χ1) is 18.7. The van der Waals surface area contributed by atoms with Crippen LogP contribution < -0.4 is 15.4 Å². The summed E-state index contributed by atoms with van der Waals surface area (Å²) in [6.07, 6.45) is 1.73. The Hall–Kier alpha value is -3.24. The summed E-state index contributed by atoms with van der Waals surface area (Å²) in [6, 6.07) is 19.4. The Morgan fingerprint density at radius 1 is 1.10 bits per heavy atom. The molecule has 1 unspecified atom stereocenters. The molecule has 3 aromatic rings. The van der Waals surface area contributed by atoms with Crippen LogP contribution in [0.5, 0.6) is 5.75 Å². The maximum Gasteiger partial charge on any atom is 0.161 e. The maximum absolute atomic E-state index is 13.6. The van der Waals surface area contributed by atoms with Crippen molar-refractivity contribution in [2.24, 2.45) is 5.73 Å². The normalized spacial score (nSPS) is 17.3. The first kappa shape index (κ1) is 27.3. The van der Waals surface area contributed by atoms with Crippen molar-refractivity contribution in [3.05, 3.63) is 114 Å². The van der Waals surface area contributed by atoms with E-state index in [-0.39, 0.29) is 11.6 Å². The van der Waals surface area contributed by atoms with E-state index in [0.717, 1.165) is 38.2 Å². The Kier molecular flexibility index (Phi) is 7.77. The molecule has 3 aromatic carbocycles. The van der Waals surface area contributed by atoms with Gasteiger partial charge in [-0.2, -0.15) is 5.26 Å². The molecule has 0 radical (unpaired) electrons. The second kappa shape index (κ2) is 11.1. The average Bonchev–Trinajstić information content (AvgIpc) is 2.91. The van der Waals surface area contributed by atoms with Gasteiger partial charge in [0.2, 0.25) is 0 Å². The molecular weight excluding hydrogens is 597 g/mol. The van der Waals surface area contributed by atoms with Crippen molar-refractivity contribution < 1.29 is 9.53 Å². The Bertz CT molecular complexity index is 1610. The highest BCUT2D eigenvalue weighted by molar-refractivity contribution is 9.10. The van der Waals surface area contributed by atoms with Gasteiger partial charge in [-0.15, -0.1) is 0 Å². The number of nitriles is 1. The average molecular weight is 623 g/mol. The van der Waals surface area contributed by atoms with E-state index in [1.807, 2.05) is 44.2 Å². The second-order valence-electron chi connectivity index (χ2n) is 9.74. The molecule has 0 spiro atoms. The highest BCUT2D eigenvalue weighted by atomic mass is 79.9. The number of hydrogen-bond acceptors (Lipinski definition) is 5. The minimum Gasteiger partial charge on any atom is -0.488 e. The van der Waals surface area contributed by atoms with E-state index in [1.54, 1.807) is 23.1 Å². The third-order valence-corrected chi connectivity index (χ3v) is 8.80. The molecule has 198 valence electrons. The zero-order valence-electron chi connectivity index (χ0n) is 21.5. The Balaban J connectivity index is 1.66. The van der Waals surface area contributed by atoms with Crippen LogP contribution >= 0.6 is 39.1 Å². The van der Waals surface area contributed by atoms with Crippen LogP contribution in [-0.2, 0) is 11.4 Å². The zero-order chi connectivity index (χ0) is 27.8. The van der Waals surface area contributed by atoms with Gasteiger partial charge in [0.25, 0.3) is 0 Å². The van der Waals surface area contributed by atoms with Crippen LogP contribution in [0.4, 0.5) is 5.69 Å². The molecular formula is C31H26BrCl2N3O2. The first-order valence-electron chi connectivity index (χ1n) is 12.6. The number of aryl methyl sites for hydroxylation is 2. The third kappa shape index (κ3) is 4.96. The molecule has 0 saturated heterocycles. The quantitative estimate of drug-likeness (QED) is 0.310. The number of carbonyl (C=O) groups excluding carboxylic acids is 1. The summed E-state index contributed by atoms with van der Waals surface area (Å²) in [7, 11) is 0. The van der Waals surface area contributed by atoms with Gasteiger partial charge < -0.3 is 10.5 Å². The van der Waals surface area contributed by atoms with Crippen molar-refractivity contribution in [1.82, 2.24) is 0 Å². The number of allylic oxidation sites excluding steroid dienone is 3. The standard InChI is InChI=1S/C31H26BrCl2N3O2/c1-17-13-18(2)20(14-19(17)16-39-27-12-4-3-7-22(27)32)28-21(15-35)31(36)37(24-9-6-11-26(38)29(24)28)25-10-5-8-23(33)30(25)34/h3-5,7-8,10,12-14,28H,6,9,11,16,36H2,1-2H3. The molecule has 0 aromatic heterocycles. The van der Waals surface area contributed by atoms with Crippen molar-refractivity contribution >= 4 is 50.6 Å². The highest BCUT2D eigenvalue weighted by Crippen LogP contribution is 2.49. The molecule has 2 N–H and O–H groups in total. The number of carbonyl (C=O) groups is 1. The van der Waals surface area contributed by atoms with Crippen LogP contribution in [0.1, 0.15) is 47.4 Å². The monoisotopic (exact) mass is 621 g/mol. The fraction of sp³-hybridized carbons (Fsp3) is 0.226. The van der Waals surface area contributed by atoms with Gasteiger partial charge in [-0.1, -0.05) is 53.5 Å². The molecule has 0 amide bonds. The first-order valence-corrected chi connectivity index (χ1v) is 14.1. The Labute approximate surface area is 246 Å². The van der Waals surface area contributed by atoms with E-state index >= 15 is 0 Å². The van der Waals surface area contributed by atoms with Crippen LogP contribution in [0.3, 0.4) is 0 Å². The number of ketones is 1. The number of Topliss-reactive ketones (excluding diaryl/α,β-unsaturated/α-hetero) is 1. The number of nitrogens with zero attached hydrogens (tertiary/aromatic N) is 2. The second-order valence-corrected chi connectivity index (χ2v) is 11.4. The number of halogens is 3. The predicted molar refractivity (Wildman–Crippen MR) is 159 cm³/mol. The number of rotatable bonds is 5. The topological polar surface area (TPSA) is 79.4 Å². The van der Waals surface area contributed by atoms with Crippen molar-refractivity contribution in [2.75, 3.05) is 4.90 Å². The van der Waals surface area contributed by atoms with E-state index in [0.29, 0.717) is 52.7 Å². The fourth-order valence-corrected chi connectivity index (χ4v) is 6.22. The summed E-state index contributed by atoms with van der Waals surface area (Å²) in [4.78, 5) is 15.3. The number of nitrogens with two attached hydrogens (primary N) is 1. The molecule has 5 nitrogen and oxygen atoms in total. The molecule has 0 fully saturated rings. The minimum absolute atomic E-state index is 0.00985. The lowest BCUT2D eigenvalue weighted by Gasteiger charge is -2.40. The molecule has 8 heteroatoms. The smallest absolute Gasteiger partial charge is 0.161 e. The van der Waals surface area contributed by atoms with Gasteiger partial charge in [-0.05, 0) is 89.1 Å². The van der Waals surface area contributed by atoms with Gasteiger partial charge in [0.05, 0.1) is 37.8 Å². The van der Waals surface area contributed by atoms with Crippen molar-refractivity contribution in [2.45, 2.75) is 45.6 Å². The molecule has 0 bridgehead atoms. The number of benzene rings is 3. The van der Waals surface area contributed by atoms with Crippen molar-refractivity contribution in [1.29, 1.82) is 5.26 Å². The lowest BCUT2D eigenvalue weighted by molar-refractivity contribution is -0.116. The van der Waals surface area contributed by atoms with E-state index in [4.69, 9.17) is 33.7 Å². The van der Waals surface area contributed by atoms with E-state index < -0.39 is 5.92 Å². The van der Waals surface area contributed by atoms with Crippen molar-refractivity contribution in [3.8, 4) is 11.8 Å². The molecule has 1 atom stereocenters. The van der Waals surface area contributed by atoms with Crippen LogP contribution in [0.2, 0.25) is 10.0 Å². The van der Waals surface area contributed by atoms with E-state index in [9.17, 15) is 10.1 Å². The van der Waals surface area contributed by atoms with Crippen LogP contribution in [0, 0.1) is 25.2 Å². The molecule has 39 heavy (non-hydrogen) atoms. The van der Waals surface area contributed by atoms with E-state index in [2.05, 4.69) is 28.1 Å². The lowest BCUT2D eigenvalue weighted by Crippen LogP contribution is -2.39. The van der Waals surface area contributed by atoms with E-state index in [1.165, 1.54) is 0 Å². The zero-order valence-corrected chi connectivity index (χ0v) is 24.6. The highest BCUT2D eigenvalue weighted by Gasteiger charge is 2.41. The summed E-state index contributed by atoms with van der Waals surface area (Å²) in [5.41, 5.74) is 12.8. The van der Waals surface area contributed by atoms with Gasteiger partial charge >= 0.3 is 0 Å². The molecule has 1 heterocycles. The van der Waals surface area contributed by atoms with Gasteiger partial charge in [-0.3, -0.25) is 9.69 Å². The largest absolute Gasteiger partial charge is 0.488 e. The number of anilines is 1. The number of ether oxygens (including phenoxy) is 1. The summed E-state index contributed by atoms with van der Waals surface area (Å²) in [5, 5.41) is 11.1. The SMILES string of the molecule is Cc1cc(C)c(C2C(C#N)=C(N)N(c3cccc(Cl)c3Cl)C3=C2C(=O)CCC3)cc1COc1ccccc1Br. The summed E-state index contributed by atoms with van der Waals surface area (Å²) in [6.45, 7) is 4.37. The fourth-order valence-electron chi connectivity index (χ4n) is 5.44. The minimum atomic E-state index is -0.588. The van der Waals surface area contributed by atoms with Crippen LogP contribution in [0.25, 0.3) is 0 Å².